The Morgan fingerprint density at radius 3 is 2.67 bits per heavy atom. The van der Waals surface area contributed by atoms with E-state index < -0.39 is 0 Å². The number of hydrogen-bond donors (Lipinski definition) is 2. The highest BCUT2D eigenvalue weighted by Gasteiger charge is 2.25. The summed E-state index contributed by atoms with van der Waals surface area (Å²) in [5, 5.41) is 10.7. The third-order valence-electron chi connectivity index (χ3n) is 5.28. The summed E-state index contributed by atoms with van der Waals surface area (Å²) in [6.07, 6.45) is 5.43. The summed E-state index contributed by atoms with van der Waals surface area (Å²) in [6, 6.07) is 3.71. The monoisotopic (exact) mass is 409 g/mol. The first-order valence-corrected chi connectivity index (χ1v) is 9.83. The van der Waals surface area contributed by atoms with Crippen molar-refractivity contribution in [3.63, 3.8) is 0 Å². The molecule has 27 heavy (non-hydrogen) atoms. The lowest BCUT2D eigenvalue weighted by Gasteiger charge is -2.35. The van der Waals surface area contributed by atoms with Gasteiger partial charge in [-0.1, -0.05) is 35.3 Å². The van der Waals surface area contributed by atoms with Crippen molar-refractivity contribution < 1.29 is 4.79 Å². The zero-order valence-corrected chi connectivity index (χ0v) is 17.3. The summed E-state index contributed by atoms with van der Waals surface area (Å²) in [4.78, 5) is 16.8. The second-order valence-corrected chi connectivity index (χ2v) is 7.89. The number of likely N-dealkylation sites (tertiary alicyclic amines) is 1. The van der Waals surface area contributed by atoms with E-state index in [4.69, 9.17) is 23.2 Å². The Morgan fingerprint density at radius 1 is 1.33 bits per heavy atom. The molecule has 2 N–H and O–H groups in total. The lowest BCUT2D eigenvalue weighted by Crippen LogP contribution is -2.48. The van der Waals surface area contributed by atoms with Gasteiger partial charge in [0.05, 0.1) is 22.3 Å². The van der Waals surface area contributed by atoms with Crippen LogP contribution in [0.1, 0.15) is 31.4 Å². The van der Waals surface area contributed by atoms with Crippen molar-refractivity contribution >= 4 is 29.2 Å². The average molecular weight is 410 g/mol. The van der Waals surface area contributed by atoms with Gasteiger partial charge in [-0.15, -0.1) is 0 Å². The molecule has 1 aliphatic rings. The summed E-state index contributed by atoms with van der Waals surface area (Å²) in [7, 11) is 3.96. The van der Waals surface area contributed by atoms with Gasteiger partial charge in [0.2, 0.25) is 0 Å². The Hall–Kier alpha value is -1.76. The lowest BCUT2D eigenvalue weighted by molar-refractivity contribution is 0.146. The van der Waals surface area contributed by atoms with Gasteiger partial charge in [-0.05, 0) is 45.5 Å². The van der Waals surface area contributed by atoms with Crippen molar-refractivity contribution in [1.82, 2.24) is 25.3 Å². The molecular formula is C19H25Cl2N5O. The van der Waals surface area contributed by atoms with Crippen molar-refractivity contribution in [2.24, 2.45) is 0 Å². The molecule has 1 aromatic carbocycles. The van der Waals surface area contributed by atoms with E-state index >= 15 is 0 Å². The van der Waals surface area contributed by atoms with Crippen molar-refractivity contribution in [3.05, 3.63) is 40.1 Å². The van der Waals surface area contributed by atoms with Gasteiger partial charge in [0, 0.05) is 30.4 Å². The number of H-pyrrole nitrogens is 1. The second-order valence-electron chi connectivity index (χ2n) is 7.13. The molecule has 2 aromatic rings. The molecule has 0 saturated carbocycles. The molecule has 3 rings (SSSR count). The predicted molar refractivity (Wildman–Crippen MR) is 109 cm³/mol. The number of carbonyl (C=O) groups excluding carboxylic acids is 1. The number of piperidine rings is 1. The smallest absolute Gasteiger partial charge is 0.317 e. The van der Waals surface area contributed by atoms with Crippen LogP contribution in [0.15, 0.2) is 24.5 Å². The minimum Gasteiger partial charge on any atom is -0.331 e. The number of aromatic nitrogens is 2. The van der Waals surface area contributed by atoms with E-state index in [0.717, 1.165) is 42.6 Å². The molecule has 0 spiro atoms. The van der Waals surface area contributed by atoms with Gasteiger partial charge in [0.25, 0.3) is 0 Å². The number of carbonyl (C=O) groups is 1. The fourth-order valence-corrected chi connectivity index (χ4v) is 4.04. The van der Waals surface area contributed by atoms with E-state index in [9.17, 15) is 4.79 Å². The Bertz CT molecular complexity index is 788. The van der Waals surface area contributed by atoms with E-state index in [1.807, 2.05) is 26.1 Å². The van der Waals surface area contributed by atoms with Gasteiger partial charge in [0.15, 0.2) is 0 Å². The normalized spacial score (nSPS) is 16.9. The molecule has 1 fully saturated rings. The van der Waals surface area contributed by atoms with E-state index in [-0.39, 0.29) is 18.1 Å². The van der Waals surface area contributed by atoms with E-state index in [1.54, 1.807) is 17.3 Å². The number of urea groups is 1. The Labute approximate surface area is 169 Å². The third-order valence-corrected chi connectivity index (χ3v) is 6.18. The number of amides is 2. The van der Waals surface area contributed by atoms with Gasteiger partial charge in [0.1, 0.15) is 0 Å². The molecular weight excluding hydrogens is 385 g/mol. The number of halogens is 2. The van der Waals surface area contributed by atoms with Crippen LogP contribution in [0.4, 0.5) is 4.79 Å². The summed E-state index contributed by atoms with van der Waals surface area (Å²) >= 11 is 13.0. The summed E-state index contributed by atoms with van der Waals surface area (Å²) in [6.45, 7) is 3.93. The molecule has 0 aliphatic carbocycles. The fraction of sp³-hybridized carbons (Fsp3) is 0.474. The van der Waals surface area contributed by atoms with Crippen LogP contribution >= 0.6 is 23.2 Å². The maximum Gasteiger partial charge on any atom is 0.317 e. The largest absolute Gasteiger partial charge is 0.331 e. The molecule has 2 heterocycles. The van der Waals surface area contributed by atoms with Crippen LogP contribution in [0.2, 0.25) is 10.0 Å². The summed E-state index contributed by atoms with van der Waals surface area (Å²) < 4.78 is 0. The zero-order valence-electron chi connectivity index (χ0n) is 15.8. The molecule has 6 nitrogen and oxygen atoms in total. The molecule has 2 amide bonds. The molecule has 0 bridgehead atoms. The second kappa shape index (κ2) is 8.50. The number of aromatic amines is 1. The summed E-state index contributed by atoms with van der Waals surface area (Å²) in [5.74, 6) is 0. The van der Waals surface area contributed by atoms with Crippen LogP contribution in [0.5, 0.6) is 0 Å². The highest BCUT2D eigenvalue weighted by Crippen LogP contribution is 2.37. The van der Waals surface area contributed by atoms with Crippen LogP contribution in [-0.4, -0.2) is 59.3 Å². The highest BCUT2D eigenvalue weighted by atomic mass is 35.5. The molecule has 1 saturated heterocycles. The fourth-order valence-electron chi connectivity index (χ4n) is 3.43. The highest BCUT2D eigenvalue weighted by molar-refractivity contribution is 6.44. The molecule has 8 heteroatoms. The lowest BCUT2D eigenvalue weighted by atomic mass is 10.0. The maximum atomic E-state index is 12.7. The summed E-state index contributed by atoms with van der Waals surface area (Å²) in [5.41, 5.74) is 2.47. The van der Waals surface area contributed by atoms with Crippen molar-refractivity contribution in [2.45, 2.75) is 31.8 Å². The zero-order chi connectivity index (χ0) is 19.6. The molecule has 1 aromatic heterocycles. The van der Waals surface area contributed by atoms with Crippen LogP contribution in [0.3, 0.4) is 0 Å². The van der Waals surface area contributed by atoms with Gasteiger partial charge >= 0.3 is 6.03 Å². The first-order valence-electron chi connectivity index (χ1n) is 9.07. The standard InChI is InChI=1S/C19H25Cl2N5O/c1-12(24-19(27)26(3)14-6-8-25(2)9-7-14)15-4-5-16(18(21)17(15)20)13-10-22-23-11-13/h4-5,10-12,14H,6-9H2,1-3H3,(H,22,23)(H,24,27). The molecule has 0 radical (unpaired) electrons. The Balaban J connectivity index is 1.69. The number of hydrogen-bond acceptors (Lipinski definition) is 3. The van der Waals surface area contributed by atoms with Crippen LogP contribution in [0.25, 0.3) is 11.1 Å². The molecule has 146 valence electrons. The maximum absolute atomic E-state index is 12.7. The van der Waals surface area contributed by atoms with Crippen LogP contribution in [-0.2, 0) is 0 Å². The first kappa shape index (κ1) is 20.0. The van der Waals surface area contributed by atoms with E-state index in [1.165, 1.54) is 0 Å². The number of nitrogens with one attached hydrogen (secondary N) is 2. The van der Waals surface area contributed by atoms with Gasteiger partial charge < -0.3 is 15.1 Å². The minimum absolute atomic E-state index is 0.0943. The van der Waals surface area contributed by atoms with E-state index in [2.05, 4.69) is 27.5 Å². The van der Waals surface area contributed by atoms with Gasteiger partial charge in [-0.2, -0.15) is 5.10 Å². The third kappa shape index (κ3) is 4.39. The Morgan fingerprint density at radius 2 is 2.04 bits per heavy atom. The van der Waals surface area contributed by atoms with Crippen molar-refractivity contribution in [3.8, 4) is 11.1 Å². The quantitative estimate of drug-likeness (QED) is 0.795. The minimum atomic E-state index is -0.255. The van der Waals surface area contributed by atoms with Gasteiger partial charge in [-0.25, -0.2) is 4.79 Å². The number of nitrogens with zero attached hydrogens (tertiary/aromatic N) is 3. The number of benzene rings is 1. The molecule has 1 unspecified atom stereocenters. The topological polar surface area (TPSA) is 64.3 Å². The average Bonchev–Trinajstić information content (AvgIpc) is 3.18. The molecule has 1 aliphatic heterocycles. The Kier molecular flexibility index (Phi) is 6.29. The first-order chi connectivity index (χ1) is 12.9. The van der Waals surface area contributed by atoms with Crippen molar-refractivity contribution in [2.75, 3.05) is 27.2 Å². The number of rotatable bonds is 4. The van der Waals surface area contributed by atoms with Crippen LogP contribution < -0.4 is 5.32 Å². The van der Waals surface area contributed by atoms with E-state index in [0.29, 0.717) is 10.0 Å². The van der Waals surface area contributed by atoms with Crippen LogP contribution in [0, 0.1) is 0 Å². The predicted octanol–water partition coefficient (Wildman–Crippen LogP) is 4.18. The molecule has 1 atom stereocenters. The van der Waals surface area contributed by atoms with Crippen molar-refractivity contribution in [1.29, 1.82) is 0 Å². The van der Waals surface area contributed by atoms with Gasteiger partial charge in [-0.3, -0.25) is 5.10 Å². The SMILES string of the molecule is CC(NC(=O)N(C)C1CCN(C)CC1)c1ccc(-c2cn[nH]c2)c(Cl)c1Cl.